The van der Waals surface area contributed by atoms with Crippen LogP contribution in [0, 0.1) is 20.8 Å². The molecule has 1 N–H and O–H groups in total. The molecule has 2 aromatic carbocycles. The van der Waals surface area contributed by atoms with Gasteiger partial charge < -0.3 is 9.84 Å². The Morgan fingerprint density at radius 1 is 0.966 bits per heavy atom. The van der Waals surface area contributed by atoms with Crippen LogP contribution in [0.2, 0.25) is 0 Å². The fourth-order valence-electron chi connectivity index (χ4n) is 3.04. The van der Waals surface area contributed by atoms with E-state index in [4.69, 9.17) is 4.74 Å². The average molecular weight is 397 g/mol. The third-order valence-electron chi connectivity index (χ3n) is 4.85. The molecule has 0 bridgehead atoms. The Morgan fingerprint density at radius 3 is 2.17 bits per heavy atom. The van der Waals surface area contributed by atoms with Gasteiger partial charge in [0.05, 0.1) is 0 Å². The van der Waals surface area contributed by atoms with Gasteiger partial charge in [0.2, 0.25) is 0 Å². The van der Waals surface area contributed by atoms with E-state index in [1.165, 1.54) is 35.6 Å². The van der Waals surface area contributed by atoms with Gasteiger partial charge in [-0.1, -0.05) is 57.0 Å². The number of phenols is 1. The standard InChI is InChI=1S/C14H18O2.C12H18O/c1-4-6-7-12-10-11(3)8-9-13(12)16-14(15)5-2;1-4-5-6-11-8-12(13)10(3)7-9(11)2/h5,8-10H,2,4,6-7H2,1,3H3;7-8,13H,4-6H2,1-3H3. The summed E-state index contributed by atoms with van der Waals surface area (Å²) in [5.74, 6) is 0.683. The maximum absolute atomic E-state index is 11.2. The maximum Gasteiger partial charge on any atom is 0.335 e. The van der Waals surface area contributed by atoms with Crippen LogP contribution in [-0.4, -0.2) is 11.1 Å². The van der Waals surface area contributed by atoms with Crippen molar-refractivity contribution in [2.75, 3.05) is 0 Å². The molecule has 158 valence electrons. The van der Waals surface area contributed by atoms with Crippen molar-refractivity contribution >= 4 is 5.97 Å². The minimum absolute atomic E-state index is 0.401. The van der Waals surface area contributed by atoms with Gasteiger partial charge in [-0.2, -0.15) is 0 Å². The van der Waals surface area contributed by atoms with Crippen molar-refractivity contribution in [2.45, 2.75) is 73.1 Å². The summed E-state index contributed by atoms with van der Waals surface area (Å²) in [4.78, 5) is 11.2. The lowest BCUT2D eigenvalue weighted by atomic mass is 10.0. The highest BCUT2D eigenvalue weighted by atomic mass is 16.5. The number of esters is 1. The molecular formula is C26H36O3. The topological polar surface area (TPSA) is 46.5 Å². The Kier molecular flexibility index (Phi) is 10.8. The normalized spacial score (nSPS) is 10.1. The molecule has 3 nitrogen and oxygen atoms in total. The van der Waals surface area contributed by atoms with E-state index < -0.39 is 5.97 Å². The second kappa shape index (κ2) is 12.8. The highest BCUT2D eigenvalue weighted by molar-refractivity contribution is 5.83. The van der Waals surface area contributed by atoms with E-state index in [0.717, 1.165) is 36.8 Å². The fraction of sp³-hybridized carbons (Fsp3) is 0.423. The van der Waals surface area contributed by atoms with Crippen molar-refractivity contribution in [2.24, 2.45) is 0 Å². The summed E-state index contributed by atoms with van der Waals surface area (Å²) in [5, 5.41) is 9.52. The van der Waals surface area contributed by atoms with Crippen molar-refractivity contribution in [1.29, 1.82) is 0 Å². The zero-order chi connectivity index (χ0) is 21.8. The first-order chi connectivity index (χ1) is 13.8. The monoisotopic (exact) mass is 396 g/mol. The molecule has 0 unspecified atom stereocenters. The first-order valence-electron chi connectivity index (χ1n) is 10.5. The number of ether oxygens (including phenoxy) is 1. The second-order valence-electron chi connectivity index (χ2n) is 7.51. The minimum Gasteiger partial charge on any atom is -0.508 e. The predicted octanol–water partition coefficient (Wildman–Crippen LogP) is 6.78. The lowest BCUT2D eigenvalue weighted by molar-refractivity contribution is -0.129. The quantitative estimate of drug-likeness (QED) is 0.304. The van der Waals surface area contributed by atoms with Crippen molar-refractivity contribution < 1.29 is 14.6 Å². The lowest BCUT2D eigenvalue weighted by Crippen LogP contribution is -2.05. The summed E-state index contributed by atoms with van der Waals surface area (Å²) in [6.07, 6.45) is 7.83. The molecule has 0 atom stereocenters. The van der Waals surface area contributed by atoms with Crippen molar-refractivity contribution in [3.05, 3.63) is 70.8 Å². The molecule has 0 saturated heterocycles. The van der Waals surface area contributed by atoms with Crippen LogP contribution in [0.3, 0.4) is 0 Å². The Bertz CT molecular complexity index is 806. The van der Waals surface area contributed by atoms with E-state index in [1.54, 1.807) is 0 Å². The molecule has 0 radical (unpaired) electrons. The van der Waals surface area contributed by atoms with Crippen LogP contribution < -0.4 is 4.74 Å². The number of benzene rings is 2. The number of hydrogen-bond donors (Lipinski definition) is 1. The average Bonchev–Trinajstić information content (AvgIpc) is 2.70. The van der Waals surface area contributed by atoms with Gasteiger partial charge in [-0.15, -0.1) is 0 Å². The Hall–Kier alpha value is -2.55. The van der Waals surface area contributed by atoms with Gasteiger partial charge in [-0.3, -0.25) is 0 Å². The third-order valence-corrected chi connectivity index (χ3v) is 4.85. The molecule has 2 rings (SSSR count). The van der Waals surface area contributed by atoms with Crippen molar-refractivity contribution in [3.63, 3.8) is 0 Å². The molecule has 2 aromatic rings. The van der Waals surface area contributed by atoms with Gasteiger partial charge in [-0.05, 0) is 80.8 Å². The lowest BCUT2D eigenvalue weighted by Gasteiger charge is -2.09. The number of hydrogen-bond acceptors (Lipinski definition) is 3. The van der Waals surface area contributed by atoms with E-state index in [9.17, 15) is 9.90 Å². The molecule has 0 spiro atoms. The zero-order valence-electron chi connectivity index (χ0n) is 18.7. The van der Waals surface area contributed by atoms with Gasteiger partial charge in [-0.25, -0.2) is 4.79 Å². The van der Waals surface area contributed by atoms with Crippen LogP contribution in [0.25, 0.3) is 0 Å². The van der Waals surface area contributed by atoms with Crippen LogP contribution in [0.5, 0.6) is 11.5 Å². The molecule has 0 heterocycles. The molecule has 0 amide bonds. The third kappa shape index (κ3) is 8.55. The number of phenolic OH excluding ortho intramolecular Hbond substituents is 1. The Morgan fingerprint density at radius 2 is 1.59 bits per heavy atom. The molecule has 29 heavy (non-hydrogen) atoms. The zero-order valence-corrected chi connectivity index (χ0v) is 18.7. The molecular weight excluding hydrogens is 360 g/mol. The van der Waals surface area contributed by atoms with Crippen LogP contribution >= 0.6 is 0 Å². The number of carbonyl (C=O) groups excluding carboxylic acids is 1. The molecule has 0 aliphatic heterocycles. The Balaban J connectivity index is 0.000000296. The number of aromatic hydroxyl groups is 1. The fourth-order valence-corrected chi connectivity index (χ4v) is 3.04. The van der Waals surface area contributed by atoms with E-state index in [0.29, 0.717) is 11.5 Å². The summed E-state index contributed by atoms with van der Waals surface area (Å²) in [6, 6.07) is 9.82. The summed E-state index contributed by atoms with van der Waals surface area (Å²) in [6.45, 7) is 13.8. The smallest absolute Gasteiger partial charge is 0.335 e. The maximum atomic E-state index is 11.2. The molecule has 0 aliphatic rings. The number of aryl methyl sites for hydroxylation is 5. The SMILES string of the molecule is C=CC(=O)Oc1ccc(C)cc1CCCC.CCCCc1cc(O)c(C)cc1C. The van der Waals surface area contributed by atoms with Crippen molar-refractivity contribution in [3.8, 4) is 11.5 Å². The summed E-state index contributed by atoms with van der Waals surface area (Å²) < 4.78 is 5.19. The van der Waals surface area contributed by atoms with E-state index in [1.807, 2.05) is 32.0 Å². The first-order valence-corrected chi connectivity index (χ1v) is 10.5. The van der Waals surface area contributed by atoms with Crippen LogP contribution in [0.15, 0.2) is 43.0 Å². The Labute approximate surface area is 176 Å². The van der Waals surface area contributed by atoms with Gasteiger partial charge in [0, 0.05) is 6.08 Å². The van der Waals surface area contributed by atoms with Crippen LogP contribution in [0.4, 0.5) is 0 Å². The summed E-state index contributed by atoms with van der Waals surface area (Å²) >= 11 is 0. The second-order valence-corrected chi connectivity index (χ2v) is 7.51. The number of carbonyl (C=O) groups is 1. The highest BCUT2D eigenvalue weighted by Crippen LogP contribution is 2.23. The van der Waals surface area contributed by atoms with Gasteiger partial charge >= 0.3 is 5.97 Å². The van der Waals surface area contributed by atoms with Crippen molar-refractivity contribution in [1.82, 2.24) is 0 Å². The van der Waals surface area contributed by atoms with E-state index in [-0.39, 0.29) is 0 Å². The minimum atomic E-state index is -0.401. The van der Waals surface area contributed by atoms with Gasteiger partial charge in [0.1, 0.15) is 11.5 Å². The largest absolute Gasteiger partial charge is 0.508 e. The van der Waals surface area contributed by atoms with E-state index in [2.05, 4.69) is 39.5 Å². The molecule has 3 heteroatoms. The van der Waals surface area contributed by atoms with Gasteiger partial charge in [0.25, 0.3) is 0 Å². The molecule has 0 aliphatic carbocycles. The number of unbranched alkanes of at least 4 members (excludes halogenated alkanes) is 2. The van der Waals surface area contributed by atoms with Crippen LogP contribution in [0.1, 0.15) is 67.3 Å². The molecule has 0 saturated carbocycles. The highest BCUT2D eigenvalue weighted by Gasteiger charge is 2.07. The van der Waals surface area contributed by atoms with Gasteiger partial charge in [0.15, 0.2) is 0 Å². The first kappa shape index (κ1) is 24.5. The summed E-state index contributed by atoms with van der Waals surface area (Å²) in [5.41, 5.74) is 5.83. The summed E-state index contributed by atoms with van der Waals surface area (Å²) in [7, 11) is 0. The predicted molar refractivity (Wildman–Crippen MR) is 122 cm³/mol. The molecule has 0 fully saturated rings. The van der Waals surface area contributed by atoms with Crippen LogP contribution in [-0.2, 0) is 17.6 Å². The van der Waals surface area contributed by atoms with E-state index >= 15 is 0 Å². The number of rotatable bonds is 8. The molecule has 0 aromatic heterocycles.